The Balaban J connectivity index is 2.08. The molecule has 1 aromatic carbocycles. The summed E-state index contributed by atoms with van der Waals surface area (Å²) in [5.74, 6) is 6.47. The van der Waals surface area contributed by atoms with Crippen LogP contribution in [0.5, 0.6) is 0 Å². The topological polar surface area (TPSA) is 75.9 Å². The van der Waals surface area contributed by atoms with E-state index < -0.39 is 0 Å². The number of nitrogens with two attached hydrogens (primary N) is 1. The van der Waals surface area contributed by atoms with Crippen molar-refractivity contribution in [3.63, 3.8) is 0 Å². The summed E-state index contributed by atoms with van der Waals surface area (Å²) in [7, 11) is 0. The summed E-state index contributed by atoms with van der Waals surface area (Å²) >= 11 is 0. The molecule has 0 aliphatic carbocycles. The van der Waals surface area contributed by atoms with Gasteiger partial charge in [0.15, 0.2) is 0 Å². The van der Waals surface area contributed by atoms with Crippen molar-refractivity contribution in [2.45, 2.75) is 13.5 Å². The first-order valence-corrected chi connectivity index (χ1v) is 5.37. The lowest BCUT2D eigenvalue weighted by molar-refractivity contribution is 1.05. The van der Waals surface area contributed by atoms with Gasteiger partial charge in [-0.05, 0) is 12.5 Å². The van der Waals surface area contributed by atoms with Crippen LogP contribution in [0.1, 0.15) is 11.1 Å². The van der Waals surface area contributed by atoms with E-state index in [1.54, 1.807) is 6.20 Å². The zero-order valence-corrected chi connectivity index (χ0v) is 9.64. The maximum absolute atomic E-state index is 5.27. The van der Waals surface area contributed by atoms with Crippen molar-refractivity contribution in [3.8, 4) is 0 Å². The molecule has 0 spiro atoms. The fourth-order valence-electron chi connectivity index (χ4n) is 1.47. The zero-order chi connectivity index (χ0) is 12.1. The highest BCUT2D eigenvalue weighted by atomic mass is 15.3. The molecule has 0 unspecified atom stereocenters. The molecule has 5 nitrogen and oxygen atoms in total. The molecule has 1 heterocycles. The van der Waals surface area contributed by atoms with E-state index in [0.29, 0.717) is 5.95 Å². The van der Waals surface area contributed by atoms with E-state index in [9.17, 15) is 0 Å². The molecule has 0 atom stereocenters. The molecule has 0 amide bonds. The van der Waals surface area contributed by atoms with Crippen molar-refractivity contribution in [2.24, 2.45) is 5.84 Å². The monoisotopic (exact) mass is 229 g/mol. The summed E-state index contributed by atoms with van der Waals surface area (Å²) in [6, 6.07) is 10.1. The van der Waals surface area contributed by atoms with E-state index in [1.165, 1.54) is 5.56 Å². The fraction of sp³-hybridized carbons (Fsp3) is 0.167. The Morgan fingerprint density at radius 2 is 2.00 bits per heavy atom. The van der Waals surface area contributed by atoms with Crippen molar-refractivity contribution in [1.29, 1.82) is 0 Å². The summed E-state index contributed by atoms with van der Waals surface area (Å²) in [4.78, 5) is 8.27. The van der Waals surface area contributed by atoms with Crippen LogP contribution in [-0.2, 0) is 6.54 Å². The molecule has 0 saturated heterocycles. The molecule has 4 N–H and O–H groups in total. The van der Waals surface area contributed by atoms with Gasteiger partial charge in [0.25, 0.3) is 0 Å². The first-order valence-electron chi connectivity index (χ1n) is 5.37. The number of nitrogen functional groups attached to an aromatic ring is 1. The van der Waals surface area contributed by atoms with Gasteiger partial charge < -0.3 is 5.32 Å². The third-order valence-electron chi connectivity index (χ3n) is 2.40. The minimum Gasteiger partial charge on any atom is -0.366 e. The predicted molar refractivity (Wildman–Crippen MR) is 68.3 cm³/mol. The molecule has 1 aromatic heterocycles. The Hall–Kier alpha value is -2.14. The predicted octanol–water partition coefficient (Wildman–Crippen LogP) is 1.68. The number of nitrogens with zero attached hydrogens (tertiary/aromatic N) is 2. The molecule has 88 valence electrons. The summed E-state index contributed by atoms with van der Waals surface area (Å²) in [6.07, 6.45) is 1.73. The van der Waals surface area contributed by atoms with E-state index >= 15 is 0 Å². The molecule has 5 heteroatoms. The quantitative estimate of drug-likeness (QED) is 0.549. The van der Waals surface area contributed by atoms with Crippen LogP contribution in [0.2, 0.25) is 0 Å². The Morgan fingerprint density at radius 3 is 2.71 bits per heavy atom. The van der Waals surface area contributed by atoms with E-state index in [2.05, 4.69) is 32.8 Å². The van der Waals surface area contributed by atoms with Crippen LogP contribution in [-0.4, -0.2) is 9.97 Å². The average Bonchev–Trinajstić information content (AvgIpc) is 2.39. The second kappa shape index (κ2) is 5.27. The number of aryl methyl sites for hydroxylation is 1. The number of nitrogens with one attached hydrogen (secondary N) is 2. The van der Waals surface area contributed by atoms with Gasteiger partial charge in [-0.15, -0.1) is 0 Å². The number of hydrogen-bond donors (Lipinski definition) is 3. The minimum atomic E-state index is 0.408. The number of hydrazine groups is 1. The third kappa shape index (κ3) is 2.92. The van der Waals surface area contributed by atoms with Gasteiger partial charge in [-0.1, -0.05) is 30.3 Å². The Kier molecular flexibility index (Phi) is 3.52. The molecule has 0 aliphatic rings. The van der Waals surface area contributed by atoms with Gasteiger partial charge >= 0.3 is 0 Å². The van der Waals surface area contributed by atoms with Crippen molar-refractivity contribution < 1.29 is 0 Å². The first-order chi connectivity index (χ1) is 8.29. The van der Waals surface area contributed by atoms with Gasteiger partial charge in [-0.25, -0.2) is 10.8 Å². The maximum atomic E-state index is 5.27. The highest BCUT2D eigenvalue weighted by molar-refractivity contribution is 5.46. The smallest absolute Gasteiger partial charge is 0.239 e. The summed E-state index contributed by atoms with van der Waals surface area (Å²) < 4.78 is 0. The van der Waals surface area contributed by atoms with Crippen LogP contribution in [0.4, 0.5) is 11.8 Å². The highest BCUT2D eigenvalue weighted by Gasteiger charge is 2.02. The molecule has 17 heavy (non-hydrogen) atoms. The lowest BCUT2D eigenvalue weighted by Gasteiger charge is -2.09. The van der Waals surface area contributed by atoms with Gasteiger partial charge in [0, 0.05) is 18.3 Å². The molecule has 0 fully saturated rings. The number of benzene rings is 1. The van der Waals surface area contributed by atoms with Crippen LogP contribution >= 0.6 is 0 Å². The van der Waals surface area contributed by atoms with Gasteiger partial charge in [0.1, 0.15) is 5.82 Å². The molecule has 0 radical (unpaired) electrons. The number of aromatic nitrogens is 2. The van der Waals surface area contributed by atoms with E-state index in [1.807, 2.05) is 25.1 Å². The Bertz CT molecular complexity index is 484. The second-order valence-corrected chi connectivity index (χ2v) is 3.71. The van der Waals surface area contributed by atoms with Gasteiger partial charge in [0.05, 0.1) is 0 Å². The van der Waals surface area contributed by atoms with Crippen LogP contribution in [0.15, 0.2) is 36.5 Å². The number of rotatable bonds is 4. The molecule has 2 aromatic rings. The largest absolute Gasteiger partial charge is 0.366 e. The molecule has 0 saturated carbocycles. The highest BCUT2D eigenvalue weighted by Crippen LogP contribution is 2.13. The molecule has 0 aliphatic heterocycles. The maximum Gasteiger partial charge on any atom is 0.239 e. The Labute approximate surface area is 100 Å². The van der Waals surface area contributed by atoms with Crippen molar-refractivity contribution in [2.75, 3.05) is 10.7 Å². The van der Waals surface area contributed by atoms with Gasteiger partial charge in [-0.2, -0.15) is 4.98 Å². The normalized spacial score (nSPS) is 10.0. The number of anilines is 2. The molecular weight excluding hydrogens is 214 g/mol. The van der Waals surface area contributed by atoms with Crippen LogP contribution in [0.25, 0.3) is 0 Å². The van der Waals surface area contributed by atoms with Crippen LogP contribution < -0.4 is 16.6 Å². The second-order valence-electron chi connectivity index (χ2n) is 3.71. The lowest BCUT2D eigenvalue weighted by Crippen LogP contribution is -2.12. The standard InChI is InChI=1S/C12H15N5/c1-9-7-15-12(17-13)16-11(9)14-8-10-5-3-2-4-6-10/h2-7H,8,13H2,1H3,(H2,14,15,16,17). The molecule has 2 rings (SSSR count). The van der Waals surface area contributed by atoms with Crippen LogP contribution in [0, 0.1) is 6.92 Å². The van der Waals surface area contributed by atoms with Crippen molar-refractivity contribution in [1.82, 2.24) is 9.97 Å². The van der Waals surface area contributed by atoms with Gasteiger partial charge in [0.2, 0.25) is 5.95 Å². The van der Waals surface area contributed by atoms with Gasteiger partial charge in [-0.3, -0.25) is 5.43 Å². The third-order valence-corrected chi connectivity index (χ3v) is 2.40. The van der Waals surface area contributed by atoms with Crippen molar-refractivity contribution in [3.05, 3.63) is 47.7 Å². The Morgan fingerprint density at radius 1 is 1.24 bits per heavy atom. The van der Waals surface area contributed by atoms with E-state index in [0.717, 1.165) is 17.9 Å². The summed E-state index contributed by atoms with van der Waals surface area (Å²) in [6.45, 7) is 2.68. The fourth-order valence-corrected chi connectivity index (χ4v) is 1.47. The molecule has 0 bridgehead atoms. The van der Waals surface area contributed by atoms with Crippen molar-refractivity contribution >= 4 is 11.8 Å². The SMILES string of the molecule is Cc1cnc(NN)nc1NCc1ccccc1. The summed E-state index contributed by atoms with van der Waals surface area (Å²) in [5, 5.41) is 3.26. The molecular formula is C12H15N5. The number of hydrogen-bond acceptors (Lipinski definition) is 5. The minimum absolute atomic E-state index is 0.408. The summed E-state index contributed by atoms with van der Waals surface area (Å²) in [5.41, 5.74) is 4.62. The lowest BCUT2D eigenvalue weighted by atomic mass is 10.2. The first kappa shape index (κ1) is 11.3. The average molecular weight is 229 g/mol. The van der Waals surface area contributed by atoms with Crippen LogP contribution in [0.3, 0.4) is 0 Å². The van der Waals surface area contributed by atoms with E-state index in [-0.39, 0.29) is 0 Å². The zero-order valence-electron chi connectivity index (χ0n) is 9.64. The van der Waals surface area contributed by atoms with E-state index in [4.69, 9.17) is 5.84 Å².